The van der Waals surface area contributed by atoms with Gasteiger partial charge in [0.2, 0.25) is 0 Å². The molecule has 0 aliphatic heterocycles. The Morgan fingerprint density at radius 1 is 1.00 bits per heavy atom. The van der Waals surface area contributed by atoms with Crippen LogP contribution < -0.4 is 4.74 Å². The molecule has 4 aromatic rings. The summed E-state index contributed by atoms with van der Waals surface area (Å²) in [4.78, 5) is 13.1. The lowest BCUT2D eigenvalue weighted by atomic mass is 10.0. The molecular formula is C28H34N4O2S. The lowest BCUT2D eigenvalue weighted by Gasteiger charge is -2.20. The highest BCUT2D eigenvalue weighted by Crippen LogP contribution is 2.31. The summed E-state index contributed by atoms with van der Waals surface area (Å²) in [5.41, 5.74) is 2.97. The van der Waals surface area contributed by atoms with Crippen LogP contribution in [0.3, 0.4) is 0 Å². The van der Waals surface area contributed by atoms with Gasteiger partial charge in [0.15, 0.2) is 22.9 Å². The van der Waals surface area contributed by atoms with Crippen molar-refractivity contribution in [3.05, 3.63) is 71.7 Å². The summed E-state index contributed by atoms with van der Waals surface area (Å²) in [5.74, 6) is 2.79. The van der Waals surface area contributed by atoms with Crippen LogP contribution in [-0.2, 0) is 13.6 Å². The Hall–Kier alpha value is -3.06. The van der Waals surface area contributed by atoms with Gasteiger partial charge in [-0.2, -0.15) is 0 Å². The van der Waals surface area contributed by atoms with Crippen molar-refractivity contribution in [1.82, 2.24) is 19.3 Å². The van der Waals surface area contributed by atoms with Gasteiger partial charge < -0.3 is 13.9 Å². The second-order valence-electron chi connectivity index (χ2n) is 9.68. The van der Waals surface area contributed by atoms with Crippen LogP contribution >= 0.6 is 11.8 Å². The van der Waals surface area contributed by atoms with E-state index in [0.717, 1.165) is 39.7 Å². The third-order valence-electron chi connectivity index (χ3n) is 6.03. The molecule has 0 fully saturated rings. The van der Waals surface area contributed by atoms with Crippen LogP contribution in [0, 0.1) is 5.92 Å². The average Bonchev–Trinajstić information content (AvgIpc) is 3.38. The van der Waals surface area contributed by atoms with E-state index in [1.165, 1.54) is 17.3 Å². The lowest BCUT2D eigenvalue weighted by Crippen LogP contribution is -2.16. The van der Waals surface area contributed by atoms with Gasteiger partial charge in [0.25, 0.3) is 0 Å². The first-order valence-corrected chi connectivity index (χ1v) is 13.1. The predicted octanol–water partition coefficient (Wildman–Crippen LogP) is 6.66. The van der Waals surface area contributed by atoms with Crippen molar-refractivity contribution >= 4 is 28.4 Å². The van der Waals surface area contributed by atoms with Gasteiger partial charge >= 0.3 is 0 Å². The number of Topliss-reactive ketones (excluding diaryl/α,β-unsaturated/α-hetero) is 1. The fourth-order valence-electron chi connectivity index (χ4n) is 4.32. The largest absolute Gasteiger partial charge is 0.482 e. The fraction of sp³-hybridized carbons (Fsp3) is 0.393. The molecule has 0 N–H and O–H groups in total. The summed E-state index contributed by atoms with van der Waals surface area (Å²) >= 11 is 1.44. The number of fused-ring (bicyclic) bond motifs is 1. The van der Waals surface area contributed by atoms with Gasteiger partial charge in [-0.05, 0) is 36.5 Å². The maximum atomic E-state index is 13.1. The van der Waals surface area contributed by atoms with Gasteiger partial charge in [0.05, 0.1) is 5.75 Å². The van der Waals surface area contributed by atoms with Crippen LogP contribution in [-0.4, -0.2) is 30.9 Å². The highest BCUT2D eigenvalue weighted by molar-refractivity contribution is 7.99. The molecule has 7 heteroatoms. The first-order valence-electron chi connectivity index (χ1n) is 12.1. The van der Waals surface area contributed by atoms with E-state index in [0.29, 0.717) is 17.6 Å². The molecule has 2 aromatic carbocycles. The van der Waals surface area contributed by atoms with Gasteiger partial charge in [-0.1, -0.05) is 75.9 Å². The molecule has 1 atom stereocenters. The molecule has 0 bridgehead atoms. The molecule has 2 heterocycles. The maximum Gasteiger partial charge on any atom is 0.191 e. The number of thioether (sulfide) groups is 1. The van der Waals surface area contributed by atoms with Crippen LogP contribution in [0.15, 0.2) is 59.9 Å². The lowest BCUT2D eigenvalue weighted by molar-refractivity contribution is 0.102. The van der Waals surface area contributed by atoms with E-state index in [-0.39, 0.29) is 11.9 Å². The number of para-hydroxylation sites is 2. The number of ketones is 1. The van der Waals surface area contributed by atoms with Crippen molar-refractivity contribution < 1.29 is 9.53 Å². The summed E-state index contributed by atoms with van der Waals surface area (Å²) in [5, 5.41) is 10.7. The van der Waals surface area contributed by atoms with Crippen molar-refractivity contribution in [1.29, 1.82) is 0 Å². The third kappa shape index (κ3) is 5.45. The van der Waals surface area contributed by atoms with Crippen LogP contribution in [0.1, 0.15) is 68.4 Å². The molecule has 0 aliphatic rings. The highest BCUT2D eigenvalue weighted by Gasteiger charge is 2.23. The molecule has 0 saturated heterocycles. The maximum absolute atomic E-state index is 13.1. The zero-order valence-electron chi connectivity index (χ0n) is 21.4. The minimum absolute atomic E-state index is 0.0857. The van der Waals surface area contributed by atoms with Crippen LogP contribution in [0.2, 0.25) is 0 Å². The normalized spacial score (nSPS) is 12.6. The minimum atomic E-state index is -0.274. The number of aromatic nitrogens is 4. The minimum Gasteiger partial charge on any atom is -0.482 e. The zero-order chi connectivity index (χ0) is 25.1. The Bertz CT molecular complexity index is 1320. The number of ether oxygens (including phenoxy) is 1. The van der Waals surface area contributed by atoms with Gasteiger partial charge in [-0.3, -0.25) is 4.79 Å². The molecule has 4 rings (SSSR count). The highest BCUT2D eigenvalue weighted by atomic mass is 32.2. The molecular weight excluding hydrogens is 456 g/mol. The van der Waals surface area contributed by atoms with E-state index >= 15 is 0 Å². The number of benzene rings is 2. The second kappa shape index (κ2) is 10.7. The Morgan fingerprint density at radius 2 is 1.71 bits per heavy atom. The molecule has 0 amide bonds. The van der Waals surface area contributed by atoms with E-state index < -0.39 is 0 Å². The number of carbonyl (C=O) groups is 1. The number of hydrogen-bond donors (Lipinski definition) is 0. The number of hydrogen-bond acceptors (Lipinski definition) is 5. The summed E-state index contributed by atoms with van der Waals surface area (Å²) in [6, 6.07) is 16.1. The monoisotopic (exact) mass is 490 g/mol. The molecule has 35 heavy (non-hydrogen) atoms. The summed E-state index contributed by atoms with van der Waals surface area (Å²) < 4.78 is 10.5. The van der Waals surface area contributed by atoms with E-state index in [2.05, 4.69) is 48.5 Å². The standard InChI is InChI=1S/C28H34N4O2S/c1-18(2)15-32-27(20(5)34-26-14-10-8-11-21(26)19(3)4)29-30-28(32)35-17-25(33)23-16-31(6)24-13-9-7-12-22(23)24/h7-14,16,18-20H,15,17H2,1-6H3. The molecule has 0 spiro atoms. The zero-order valence-corrected chi connectivity index (χ0v) is 22.2. The van der Waals surface area contributed by atoms with Gasteiger partial charge in [0.1, 0.15) is 5.75 Å². The van der Waals surface area contributed by atoms with Crippen molar-refractivity contribution in [3.8, 4) is 5.75 Å². The predicted molar refractivity (Wildman–Crippen MR) is 142 cm³/mol. The van der Waals surface area contributed by atoms with Crippen molar-refractivity contribution in [2.75, 3.05) is 5.75 Å². The second-order valence-corrected chi connectivity index (χ2v) is 10.6. The molecule has 0 aliphatic carbocycles. The first kappa shape index (κ1) is 25.0. The van der Waals surface area contributed by atoms with E-state index in [4.69, 9.17) is 4.74 Å². The number of rotatable bonds is 10. The smallest absolute Gasteiger partial charge is 0.191 e. The van der Waals surface area contributed by atoms with Crippen LogP contribution in [0.5, 0.6) is 5.75 Å². The van der Waals surface area contributed by atoms with E-state index in [1.807, 2.05) is 67.2 Å². The van der Waals surface area contributed by atoms with E-state index in [1.54, 1.807) is 0 Å². The Labute approximate surface area is 211 Å². The summed E-state index contributed by atoms with van der Waals surface area (Å²) in [7, 11) is 1.97. The van der Waals surface area contributed by atoms with Gasteiger partial charge in [-0.15, -0.1) is 10.2 Å². The van der Waals surface area contributed by atoms with Crippen LogP contribution in [0.4, 0.5) is 0 Å². The molecule has 0 saturated carbocycles. The van der Waals surface area contributed by atoms with Crippen molar-refractivity contribution in [2.24, 2.45) is 13.0 Å². The first-order chi connectivity index (χ1) is 16.8. The molecule has 0 radical (unpaired) electrons. The van der Waals surface area contributed by atoms with Gasteiger partial charge in [0, 0.05) is 36.3 Å². The molecule has 1 unspecified atom stereocenters. The number of nitrogens with zero attached hydrogens (tertiary/aromatic N) is 4. The number of aryl methyl sites for hydroxylation is 1. The Kier molecular flexibility index (Phi) is 7.65. The van der Waals surface area contributed by atoms with Crippen LogP contribution in [0.25, 0.3) is 10.9 Å². The topological polar surface area (TPSA) is 61.9 Å². The van der Waals surface area contributed by atoms with Crippen molar-refractivity contribution in [2.45, 2.75) is 58.3 Å². The fourth-order valence-corrected chi connectivity index (χ4v) is 5.16. The van der Waals surface area contributed by atoms with E-state index in [9.17, 15) is 4.79 Å². The van der Waals surface area contributed by atoms with Crippen molar-refractivity contribution in [3.63, 3.8) is 0 Å². The Balaban J connectivity index is 1.55. The summed E-state index contributed by atoms with van der Waals surface area (Å²) in [6.45, 7) is 11.4. The molecule has 6 nitrogen and oxygen atoms in total. The SMILES string of the molecule is CC(C)Cn1c(SCC(=O)c2cn(C)c3ccccc23)nnc1C(C)Oc1ccccc1C(C)C. The third-order valence-corrected chi connectivity index (χ3v) is 7.00. The Morgan fingerprint density at radius 3 is 2.46 bits per heavy atom. The molecule has 184 valence electrons. The molecule has 2 aromatic heterocycles. The number of carbonyl (C=O) groups excluding carboxylic acids is 1. The van der Waals surface area contributed by atoms with Gasteiger partial charge in [-0.25, -0.2) is 0 Å². The average molecular weight is 491 g/mol. The quantitative estimate of drug-likeness (QED) is 0.184. The summed E-state index contributed by atoms with van der Waals surface area (Å²) in [6.07, 6.45) is 1.64.